The zero-order valence-corrected chi connectivity index (χ0v) is 12.3. The summed E-state index contributed by atoms with van der Waals surface area (Å²) in [4.78, 5) is 4.51. The van der Waals surface area contributed by atoms with Gasteiger partial charge in [0.05, 0.1) is 18.4 Å². The molecule has 0 amide bonds. The molecule has 4 heteroatoms. The van der Waals surface area contributed by atoms with Gasteiger partial charge in [-0.25, -0.2) is 4.98 Å². The van der Waals surface area contributed by atoms with Crippen molar-refractivity contribution in [1.29, 1.82) is 0 Å². The van der Waals surface area contributed by atoms with Gasteiger partial charge in [0.25, 0.3) is 0 Å². The van der Waals surface area contributed by atoms with Gasteiger partial charge in [0.1, 0.15) is 0 Å². The van der Waals surface area contributed by atoms with E-state index in [1.54, 1.807) is 0 Å². The van der Waals surface area contributed by atoms with Crippen molar-refractivity contribution in [3.05, 3.63) is 11.9 Å². The van der Waals surface area contributed by atoms with Gasteiger partial charge in [-0.2, -0.15) is 0 Å². The highest BCUT2D eigenvalue weighted by Crippen LogP contribution is 2.20. The smallest absolute Gasteiger partial charge is 0.203 e. The van der Waals surface area contributed by atoms with E-state index in [1.807, 2.05) is 6.92 Å². The molecule has 1 saturated carbocycles. The standard InChI is InChI=1S/C15H27N3O/c1-3-9-16-15-17-13(2)12-18(15)10-11-19-14-7-5-4-6-8-14/h12,14H,3-11H2,1-2H3,(H,16,17). The molecular formula is C15H27N3O. The summed E-state index contributed by atoms with van der Waals surface area (Å²) in [5, 5.41) is 3.37. The van der Waals surface area contributed by atoms with Crippen LogP contribution in [0.5, 0.6) is 0 Å². The fourth-order valence-corrected chi connectivity index (χ4v) is 2.64. The van der Waals surface area contributed by atoms with Gasteiger partial charge in [-0.1, -0.05) is 26.2 Å². The highest BCUT2D eigenvalue weighted by Gasteiger charge is 2.13. The van der Waals surface area contributed by atoms with Crippen molar-refractivity contribution in [2.24, 2.45) is 0 Å². The van der Waals surface area contributed by atoms with E-state index in [-0.39, 0.29) is 0 Å². The third-order valence-corrected chi connectivity index (χ3v) is 3.67. The Kier molecular flexibility index (Phi) is 5.70. The number of nitrogens with one attached hydrogen (secondary N) is 1. The fourth-order valence-electron chi connectivity index (χ4n) is 2.64. The first-order valence-corrected chi connectivity index (χ1v) is 7.69. The highest BCUT2D eigenvalue weighted by molar-refractivity contribution is 5.28. The lowest BCUT2D eigenvalue weighted by atomic mass is 9.98. The average Bonchev–Trinajstić information content (AvgIpc) is 2.78. The second-order valence-electron chi connectivity index (χ2n) is 5.46. The maximum Gasteiger partial charge on any atom is 0.203 e. The van der Waals surface area contributed by atoms with E-state index in [0.29, 0.717) is 6.10 Å². The third-order valence-electron chi connectivity index (χ3n) is 3.67. The van der Waals surface area contributed by atoms with Gasteiger partial charge in [0.15, 0.2) is 0 Å². The van der Waals surface area contributed by atoms with E-state index in [9.17, 15) is 0 Å². The minimum absolute atomic E-state index is 0.491. The van der Waals surface area contributed by atoms with Crippen LogP contribution in [0.15, 0.2) is 6.20 Å². The lowest BCUT2D eigenvalue weighted by Crippen LogP contribution is -2.19. The predicted octanol–water partition coefficient (Wildman–Crippen LogP) is 3.36. The number of nitrogens with zero attached hydrogens (tertiary/aromatic N) is 2. The summed E-state index contributed by atoms with van der Waals surface area (Å²) in [7, 11) is 0. The van der Waals surface area contributed by atoms with Gasteiger partial charge >= 0.3 is 0 Å². The summed E-state index contributed by atoms with van der Waals surface area (Å²) in [5.41, 5.74) is 1.07. The van der Waals surface area contributed by atoms with Crippen molar-refractivity contribution < 1.29 is 4.74 Å². The first kappa shape index (κ1) is 14.4. The molecule has 1 aliphatic carbocycles. The number of aromatic nitrogens is 2. The fraction of sp³-hybridized carbons (Fsp3) is 0.800. The van der Waals surface area contributed by atoms with E-state index in [2.05, 4.69) is 28.0 Å². The Bertz CT molecular complexity index is 369. The van der Waals surface area contributed by atoms with Crippen molar-refractivity contribution in [2.75, 3.05) is 18.5 Å². The van der Waals surface area contributed by atoms with E-state index >= 15 is 0 Å². The van der Waals surface area contributed by atoms with Crippen molar-refractivity contribution in [1.82, 2.24) is 9.55 Å². The van der Waals surface area contributed by atoms with E-state index in [4.69, 9.17) is 4.74 Å². The summed E-state index contributed by atoms with van der Waals surface area (Å²) >= 11 is 0. The molecule has 1 heterocycles. The SMILES string of the molecule is CCCNc1nc(C)cn1CCOC1CCCCC1. The minimum Gasteiger partial charge on any atom is -0.376 e. The molecule has 0 atom stereocenters. The Morgan fingerprint density at radius 1 is 1.37 bits per heavy atom. The van der Waals surface area contributed by atoms with Gasteiger partial charge in [-0.15, -0.1) is 0 Å². The van der Waals surface area contributed by atoms with Gasteiger partial charge in [-0.3, -0.25) is 0 Å². The van der Waals surface area contributed by atoms with Crippen LogP contribution in [0.3, 0.4) is 0 Å². The maximum absolute atomic E-state index is 5.98. The molecule has 2 rings (SSSR count). The number of rotatable bonds is 7. The first-order chi connectivity index (χ1) is 9.29. The molecule has 1 fully saturated rings. The normalized spacial score (nSPS) is 16.7. The summed E-state index contributed by atoms with van der Waals surface area (Å²) in [6.07, 6.45) is 10.2. The van der Waals surface area contributed by atoms with Crippen LogP contribution in [0.4, 0.5) is 5.95 Å². The molecule has 0 unspecified atom stereocenters. The second-order valence-corrected chi connectivity index (χ2v) is 5.46. The molecule has 108 valence electrons. The molecule has 0 aromatic carbocycles. The maximum atomic E-state index is 5.98. The van der Waals surface area contributed by atoms with Gasteiger partial charge in [0, 0.05) is 19.3 Å². The van der Waals surface area contributed by atoms with Crippen LogP contribution < -0.4 is 5.32 Å². The molecule has 1 aromatic heterocycles. The van der Waals surface area contributed by atoms with Crippen LogP contribution in [0, 0.1) is 6.92 Å². The van der Waals surface area contributed by atoms with Crippen LogP contribution in [-0.2, 0) is 11.3 Å². The lowest BCUT2D eigenvalue weighted by Gasteiger charge is -2.22. The Morgan fingerprint density at radius 3 is 2.89 bits per heavy atom. The Hall–Kier alpha value is -1.03. The summed E-state index contributed by atoms with van der Waals surface area (Å²) in [6.45, 7) is 6.86. The minimum atomic E-state index is 0.491. The van der Waals surface area contributed by atoms with Crippen molar-refractivity contribution in [3.8, 4) is 0 Å². The van der Waals surface area contributed by atoms with Crippen LogP contribution in [0.2, 0.25) is 0 Å². The number of hydrogen-bond donors (Lipinski definition) is 1. The van der Waals surface area contributed by atoms with Crippen molar-refractivity contribution in [2.45, 2.75) is 65.0 Å². The molecule has 0 spiro atoms. The Balaban J connectivity index is 1.77. The lowest BCUT2D eigenvalue weighted by molar-refractivity contribution is 0.0242. The molecule has 19 heavy (non-hydrogen) atoms. The van der Waals surface area contributed by atoms with Crippen LogP contribution in [0.1, 0.15) is 51.1 Å². The van der Waals surface area contributed by atoms with Crippen LogP contribution >= 0.6 is 0 Å². The van der Waals surface area contributed by atoms with Gasteiger partial charge in [-0.05, 0) is 26.2 Å². The number of anilines is 1. The molecular weight excluding hydrogens is 238 g/mol. The van der Waals surface area contributed by atoms with Crippen LogP contribution in [0.25, 0.3) is 0 Å². The summed E-state index contributed by atoms with van der Waals surface area (Å²) < 4.78 is 8.15. The predicted molar refractivity (Wildman–Crippen MR) is 78.6 cm³/mol. The van der Waals surface area contributed by atoms with E-state index in [1.165, 1.54) is 32.1 Å². The molecule has 0 bridgehead atoms. The van der Waals surface area contributed by atoms with Crippen LogP contribution in [-0.4, -0.2) is 28.8 Å². The van der Waals surface area contributed by atoms with Gasteiger partial charge < -0.3 is 14.6 Å². The number of ether oxygens (including phenoxy) is 1. The molecule has 0 saturated heterocycles. The number of imidazole rings is 1. The zero-order valence-electron chi connectivity index (χ0n) is 12.3. The zero-order chi connectivity index (χ0) is 13.5. The topological polar surface area (TPSA) is 39.1 Å². The average molecular weight is 265 g/mol. The molecule has 1 aliphatic rings. The van der Waals surface area contributed by atoms with E-state index < -0.39 is 0 Å². The largest absolute Gasteiger partial charge is 0.376 e. The third kappa shape index (κ3) is 4.53. The summed E-state index contributed by atoms with van der Waals surface area (Å²) in [5.74, 6) is 0.978. The number of hydrogen-bond acceptors (Lipinski definition) is 3. The monoisotopic (exact) mass is 265 g/mol. The first-order valence-electron chi connectivity index (χ1n) is 7.69. The van der Waals surface area contributed by atoms with Gasteiger partial charge in [0.2, 0.25) is 5.95 Å². The van der Waals surface area contributed by atoms with E-state index in [0.717, 1.165) is 37.8 Å². The van der Waals surface area contributed by atoms with Crippen molar-refractivity contribution in [3.63, 3.8) is 0 Å². The molecule has 0 radical (unpaired) electrons. The highest BCUT2D eigenvalue weighted by atomic mass is 16.5. The molecule has 1 N–H and O–H groups in total. The quantitative estimate of drug-likeness (QED) is 0.821. The Labute approximate surface area is 116 Å². The molecule has 1 aromatic rings. The second kappa shape index (κ2) is 7.53. The molecule has 4 nitrogen and oxygen atoms in total. The number of aryl methyl sites for hydroxylation is 1. The Morgan fingerprint density at radius 2 is 2.16 bits per heavy atom. The molecule has 0 aliphatic heterocycles. The summed E-state index contributed by atoms with van der Waals surface area (Å²) in [6, 6.07) is 0. The van der Waals surface area contributed by atoms with Crippen molar-refractivity contribution >= 4 is 5.95 Å².